The van der Waals surface area contributed by atoms with Gasteiger partial charge in [-0.15, -0.1) is 5.10 Å². The number of nitrogens with one attached hydrogen (secondary N) is 2. The van der Waals surface area contributed by atoms with Crippen molar-refractivity contribution in [3.63, 3.8) is 0 Å². The van der Waals surface area contributed by atoms with E-state index in [1.807, 2.05) is 85.8 Å². The van der Waals surface area contributed by atoms with Crippen molar-refractivity contribution >= 4 is 17.4 Å². The first kappa shape index (κ1) is 24.4. The van der Waals surface area contributed by atoms with E-state index in [0.29, 0.717) is 34.9 Å². The molecule has 0 spiro atoms. The molecule has 8 heteroatoms. The van der Waals surface area contributed by atoms with E-state index in [2.05, 4.69) is 20.9 Å². The molecule has 1 aromatic heterocycles. The number of nitrogens with zero attached hydrogens (tertiary/aromatic N) is 4. The number of aryl methyl sites for hydroxylation is 1. The van der Waals surface area contributed by atoms with Crippen LogP contribution in [0.3, 0.4) is 0 Å². The van der Waals surface area contributed by atoms with Gasteiger partial charge in [-0.3, -0.25) is 0 Å². The average molecular weight is 503 g/mol. The van der Waals surface area contributed by atoms with E-state index in [1.54, 1.807) is 16.8 Å². The van der Waals surface area contributed by atoms with Gasteiger partial charge in [0.2, 0.25) is 0 Å². The third-order valence-corrected chi connectivity index (χ3v) is 5.94. The van der Waals surface area contributed by atoms with Gasteiger partial charge in [0, 0.05) is 22.5 Å². The summed E-state index contributed by atoms with van der Waals surface area (Å²) in [5, 5.41) is 23.8. The van der Waals surface area contributed by atoms with E-state index in [4.69, 9.17) is 0 Å². The number of carbonyl (C=O) groups is 1. The Bertz CT molecular complexity index is 1660. The van der Waals surface area contributed by atoms with Crippen LogP contribution in [-0.2, 0) is 6.54 Å². The molecule has 5 rings (SSSR count). The molecule has 0 atom stereocenters. The van der Waals surface area contributed by atoms with Crippen LogP contribution in [0.4, 0.5) is 20.6 Å². The van der Waals surface area contributed by atoms with E-state index in [0.717, 1.165) is 16.7 Å². The second-order valence-electron chi connectivity index (χ2n) is 8.77. The van der Waals surface area contributed by atoms with Crippen LogP contribution < -0.4 is 10.6 Å². The Morgan fingerprint density at radius 2 is 1.63 bits per heavy atom. The maximum Gasteiger partial charge on any atom is 0.323 e. The minimum atomic E-state index is -0.597. The Morgan fingerprint density at radius 1 is 0.895 bits per heavy atom. The number of rotatable bonds is 6. The third-order valence-electron chi connectivity index (χ3n) is 5.94. The first-order valence-corrected chi connectivity index (χ1v) is 11.9. The average Bonchev–Trinajstić information content (AvgIpc) is 3.33. The molecule has 0 saturated carbocycles. The fourth-order valence-electron chi connectivity index (χ4n) is 4.18. The van der Waals surface area contributed by atoms with Gasteiger partial charge in [0.15, 0.2) is 0 Å². The standard InChI is InChI=1S/C30H23FN6O/c1-20-7-5-11-25(15-20)33-30(38)34-26-12-6-10-23(17-26)29-28(22-13-14-27(31)24(16-22)18-32)35-36-37(29)19-21-8-3-2-4-9-21/h2-17H,19H2,1H3,(H2,33,34,38). The van der Waals surface area contributed by atoms with Crippen LogP contribution in [0.15, 0.2) is 97.1 Å². The van der Waals surface area contributed by atoms with Crippen molar-refractivity contribution in [3.05, 3.63) is 120 Å². The molecule has 38 heavy (non-hydrogen) atoms. The molecule has 2 N–H and O–H groups in total. The predicted molar refractivity (Wildman–Crippen MR) is 145 cm³/mol. The number of carbonyl (C=O) groups excluding carboxylic acids is 1. The summed E-state index contributed by atoms with van der Waals surface area (Å²) < 4.78 is 15.8. The van der Waals surface area contributed by atoms with Crippen LogP contribution in [-0.4, -0.2) is 21.0 Å². The Hall–Kier alpha value is -5.29. The van der Waals surface area contributed by atoms with Gasteiger partial charge in [-0.2, -0.15) is 5.26 Å². The van der Waals surface area contributed by atoms with Crippen molar-refractivity contribution in [2.75, 3.05) is 10.6 Å². The van der Waals surface area contributed by atoms with E-state index < -0.39 is 5.82 Å². The number of hydrogen-bond donors (Lipinski definition) is 2. The number of amides is 2. The van der Waals surface area contributed by atoms with Gasteiger partial charge in [0.25, 0.3) is 0 Å². The van der Waals surface area contributed by atoms with Crippen molar-refractivity contribution < 1.29 is 9.18 Å². The first-order valence-electron chi connectivity index (χ1n) is 11.9. The summed E-state index contributed by atoms with van der Waals surface area (Å²) in [7, 11) is 0. The molecule has 5 aromatic rings. The molecule has 0 radical (unpaired) electrons. The quantitative estimate of drug-likeness (QED) is 0.273. The highest BCUT2D eigenvalue weighted by Gasteiger charge is 2.19. The first-order chi connectivity index (χ1) is 18.5. The van der Waals surface area contributed by atoms with Gasteiger partial charge in [-0.25, -0.2) is 13.9 Å². The number of urea groups is 1. The molecule has 1 heterocycles. The summed E-state index contributed by atoms with van der Waals surface area (Å²) in [6.07, 6.45) is 0. The Balaban J connectivity index is 1.51. The van der Waals surface area contributed by atoms with Crippen molar-refractivity contribution in [1.82, 2.24) is 15.0 Å². The molecule has 0 aliphatic rings. The summed E-state index contributed by atoms with van der Waals surface area (Å²) in [6.45, 7) is 2.40. The summed E-state index contributed by atoms with van der Waals surface area (Å²) in [5.74, 6) is -0.597. The lowest BCUT2D eigenvalue weighted by Crippen LogP contribution is -2.19. The highest BCUT2D eigenvalue weighted by Crippen LogP contribution is 2.33. The van der Waals surface area contributed by atoms with Crippen LogP contribution in [0.25, 0.3) is 22.5 Å². The van der Waals surface area contributed by atoms with Crippen molar-refractivity contribution in [2.24, 2.45) is 0 Å². The third kappa shape index (κ3) is 5.42. The molecule has 186 valence electrons. The van der Waals surface area contributed by atoms with Crippen molar-refractivity contribution in [3.8, 4) is 28.6 Å². The zero-order valence-corrected chi connectivity index (χ0v) is 20.5. The number of halogens is 1. The van der Waals surface area contributed by atoms with E-state index in [1.165, 1.54) is 12.1 Å². The summed E-state index contributed by atoms with van der Waals surface area (Å²) >= 11 is 0. The zero-order chi connectivity index (χ0) is 26.5. The topological polar surface area (TPSA) is 95.6 Å². The van der Waals surface area contributed by atoms with Crippen LogP contribution in [0.1, 0.15) is 16.7 Å². The lowest BCUT2D eigenvalue weighted by Gasteiger charge is -2.12. The Kier molecular flexibility index (Phi) is 6.91. The van der Waals surface area contributed by atoms with E-state index >= 15 is 0 Å². The molecular weight excluding hydrogens is 479 g/mol. The normalized spacial score (nSPS) is 10.6. The van der Waals surface area contributed by atoms with Crippen molar-refractivity contribution in [2.45, 2.75) is 13.5 Å². The Morgan fingerprint density at radius 3 is 2.37 bits per heavy atom. The number of anilines is 2. The minimum Gasteiger partial charge on any atom is -0.308 e. The Labute approximate surface area is 219 Å². The van der Waals surface area contributed by atoms with Gasteiger partial charge in [0.05, 0.1) is 17.8 Å². The maximum atomic E-state index is 14.0. The number of benzene rings is 4. The molecule has 0 fully saturated rings. The van der Waals surface area contributed by atoms with Crippen molar-refractivity contribution in [1.29, 1.82) is 5.26 Å². The molecule has 2 amide bonds. The zero-order valence-electron chi connectivity index (χ0n) is 20.5. The number of hydrogen-bond acceptors (Lipinski definition) is 4. The lowest BCUT2D eigenvalue weighted by atomic mass is 10.0. The second kappa shape index (κ2) is 10.8. The SMILES string of the molecule is Cc1cccc(NC(=O)Nc2cccc(-c3c(-c4ccc(F)c(C#N)c4)nnn3Cc3ccccc3)c2)c1. The number of nitriles is 1. The van der Waals surface area contributed by atoms with Gasteiger partial charge in [0.1, 0.15) is 17.6 Å². The van der Waals surface area contributed by atoms with E-state index in [-0.39, 0.29) is 11.6 Å². The molecule has 7 nitrogen and oxygen atoms in total. The fraction of sp³-hybridized carbons (Fsp3) is 0.0667. The second-order valence-corrected chi connectivity index (χ2v) is 8.77. The molecule has 0 aliphatic carbocycles. The van der Waals surface area contributed by atoms with Crippen LogP contribution in [0.5, 0.6) is 0 Å². The van der Waals surface area contributed by atoms with Crippen LogP contribution in [0, 0.1) is 24.1 Å². The van der Waals surface area contributed by atoms with Gasteiger partial charge >= 0.3 is 6.03 Å². The molecular formula is C30H23FN6O. The molecule has 0 aliphatic heterocycles. The summed E-state index contributed by atoms with van der Waals surface area (Å²) in [5.41, 5.74) is 5.73. The van der Waals surface area contributed by atoms with E-state index in [9.17, 15) is 14.4 Å². The highest BCUT2D eigenvalue weighted by atomic mass is 19.1. The minimum absolute atomic E-state index is 0.0747. The molecule has 0 unspecified atom stereocenters. The molecule has 0 saturated heterocycles. The summed E-state index contributed by atoms with van der Waals surface area (Å²) in [6, 6.07) is 30.5. The predicted octanol–water partition coefficient (Wildman–Crippen LogP) is 6.62. The van der Waals surface area contributed by atoms with Gasteiger partial charge < -0.3 is 10.6 Å². The smallest absolute Gasteiger partial charge is 0.308 e. The number of aromatic nitrogens is 3. The fourth-order valence-corrected chi connectivity index (χ4v) is 4.18. The maximum absolute atomic E-state index is 14.0. The van der Waals surface area contributed by atoms with Crippen LogP contribution >= 0.6 is 0 Å². The largest absolute Gasteiger partial charge is 0.323 e. The van der Waals surface area contributed by atoms with Crippen LogP contribution in [0.2, 0.25) is 0 Å². The molecule has 0 bridgehead atoms. The monoisotopic (exact) mass is 502 g/mol. The molecule has 4 aromatic carbocycles. The highest BCUT2D eigenvalue weighted by molar-refractivity contribution is 6.00. The summed E-state index contributed by atoms with van der Waals surface area (Å²) in [4.78, 5) is 12.7. The van der Waals surface area contributed by atoms with Gasteiger partial charge in [-0.1, -0.05) is 59.8 Å². The lowest BCUT2D eigenvalue weighted by molar-refractivity contribution is 0.262. The van der Waals surface area contributed by atoms with Gasteiger partial charge in [-0.05, 0) is 60.5 Å².